The Bertz CT molecular complexity index is 882. The molecule has 2 aromatic rings. The molecule has 2 rings (SSSR count). The molecular formula is C18H12Cl2F3NO3. The molecule has 0 heterocycles. The molecule has 1 N–H and O–H groups in total. The van der Waals surface area contributed by atoms with E-state index < -0.39 is 30.2 Å². The summed E-state index contributed by atoms with van der Waals surface area (Å²) in [6.45, 7) is -0.659. The molecule has 0 bridgehead atoms. The maximum absolute atomic E-state index is 12.6. The summed E-state index contributed by atoms with van der Waals surface area (Å²) in [5, 5.41) is 2.99. The first-order valence-electron chi connectivity index (χ1n) is 7.42. The van der Waals surface area contributed by atoms with Gasteiger partial charge in [-0.25, -0.2) is 4.79 Å². The highest BCUT2D eigenvalue weighted by molar-refractivity contribution is 6.35. The second-order valence-electron chi connectivity index (χ2n) is 5.23. The highest BCUT2D eigenvalue weighted by Gasteiger charge is 2.30. The Hall–Kier alpha value is -2.51. The van der Waals surface area contributed by atoms with Crippen LogP contribution in [-0.2, 0) is 20.5 Å². The van der Waals surface area contributed by atoms with E-state index in [4.69, 9.17) is 27.9 Å². The number of esters is 1. The number of nitrogens with one attached hydrogen (secondary N) is 1. The van der Waals surface area contributed by atoms with E-state index in [1.807, 2.05) is 0 Å². The molecule has 0 radical (unpaired) electrons. The topological polar surface area (TPSA) is 55.4 Å². The third-order valence-electron chi connectivity index (χ3n) is 3.18. The van der Waals surface area contributed by atoms with Gasteiger partial charge in [0.1, 0.15) is 0 Å². The van der Waals surface area contributed by atoms with Crippen LogP contribution in [0.1, 0.15) is 11.1 Å². The summed E-state index contributed by atoms with van der Waals surface area (Å²) in [7, 11) is 0. The minimum absolute atomic E-state index is 0.0608. The number of halogens is 5. The number of rotatable bonds is 5. The molecule has 0 unspecified atom stereocenters. The lowest BCUT2D eigenvalue weighted by Gasteiger charge is -2.09. The molecule has 0 aromatic heterocycles. The number of hydrogen-bond donors (Lipinski definition) is 1. The number of anilines is 1. The number of benzene rings is 2. The summed E-state index contributed by atoms with van der Waals surface area (Å²) >= 11 is 11.7. The zero-order chi connectivity index (χ0) is 20.0. The maximum Gasteiger partial charge on any atom is 0.416 e. The molecule has 0 atom stereocenters. The first-order valence-corrected chi connectivity index (χ1v) is 8.18. The van der Waals surface area contributed by atoms with Gasteiger partial charge in [-0.2, -0.15) is 13.2 Å². The van der Waals surface area contributed by atoms with Crippen molar-refractivity contribution < 1.29 is 27.5 Å². The third kappa shape index (κ3) is 6.62. The normalized spacial score (nSPS) is 11.4. The van der Waals surface area contributed by atoms with Gasteiger partial charge in [-0.15, -0.1) is 0 Å². The Labute approximate surface area is 162 Å². The predicted molar refractivity (Wildman–Crippen MR) is 96.5 cm³/mol. The molecule has 9 heteroatoms. The fraction of sp³-hybridized carbons (Fsp3) is 0.111. The van der Waals surface area contributed by atoms with Crippen molar-refractivity contribution in [3.05, 3.63) is 69.7 Å². The van der Waals surface area contributed by atoms with Crippen LogP contribution in [0.3, 0.4) is 0 Å². The number of hydrogen-bond acceptors (Lipinski definition) is 3. The van der Waals surface area contributed by atoms with Crippen molar-refractivity contribution in [3.63, 3.8) is 0 Å². The Kier molecular flexibility index (Phi) is 6.87. The van der Waals surface area contributed by atoms with Crippen molar-refractivity contribution in [2.75, 3.05) is 11.9 Å². The minimum atomic E-state index is -4.53. The van der Waals surface area contributed by atoms with Crippen molar-refractivity contribution in [3.8, 4) is 0 Å². The lowest BCUT2D eigenvalue weighted by Crippen LogP contribution is -2.20. The third-order valence-corrected chi connectivity index (χ3v) is 3.74. The first kappa shape index (κ1) is 20.8. The zero-order valence-corrected chi connectivity index (χ0v) is 15.0. The molecule has 1 amide bonds. The lowest BCUT2D eigenvalue weighted by atomic mass is 10.2. The van der Waals surface area contributed by atoms with Gasteiger partial charge in [0, 0.05) is 21.8 Å². The van der Waals surface area contributed by atoms with E-state index in [1.165, 1.54) is 18.2 Å². The van der Waals surface area contributed by atoms with E-state index in [2.05, 4.69) is 5.32 Å². The lowest BCUT2D eigenvalue weighted by molar-refractivity contribution is -0.142. The van der Waals surface area contributed by atoms with Crippen LogP contribution in [0.4, 0.5) is 18.9 Å². The van der Waals surface area contributed by atoms with Gasteiger partial charge in [-0.3, -0.25) is 4.79 Å². The Balaban J connectivity index is 1.88. The highest BCUT2D eigenvalue weighted by atomic mass is 35.5. The molecule has 0 saturated carbocycles. The Morgan fingerprint density at radius 2 is 1.85 bits per heavy atom. The molecule has 0 aliphatic rings. The number of ether oxygens (including phenoxy) is 1. The average molecular weight is 418 g/mol. The summed E-state index contributed by atoms with van der Waals surface area (Å²) in [5.74, 6) is -1.60. The van der Waals surface area contributed by atoms with Gasteiger partial charge in [0.2, 0.25) is 0 Å². The van der Waals surface area contributed by atoms with E-state index in [0.29, 0.717) is 15.6 Å². The van der Waals surface area contributed by atoms with Gasteiger partial charge in [-0.1, -0.05) is 35.3 Å². The SMILES string of the molecule is O=C(COC(=O)C=Cc1ccc(Cl)cc1Cl)Nc1cccc(C(F)(F)F)c1. The van der Waals surface area contributed by atoms with Gasteiger partial charge in [0.25, 0.3) is 5.91 Å². The van der Waals surface area contributed by atoms with E-state index in [-0.39, 0.29) is 5.69 Å². The fourth-order valence-electron chi connectivity index (χ4n) is 1.95. The van der Waals surface area contributed by atoms with Crippen LogP contribution in [-0.4, -0.2) is 18.5 Å². The molecule has 0 aliphatic carbocycles. The molecular weight excluding hydrogens is 406 g/mol. The van der Waals surface area contributed by atoms with Crippen molar-refractivity contribution in [1.29, 1.82) is 0 Å². The minimum Gasteiger partial charge on any atom is -0.452 e. The smallest absolute Gasteiger partial charge is 0.416 e. The van der Waals surface area contributed by atoms with Crippen LogP contribution >= 0.6 is 23.2 Å². The summed E-state index contributed by atoms with van der Waals surface area (Å²) in [6.07, 6.45) is -2.08. The number of amides is 1. The molecule has 0 saturated heterocycles. The quantitative estimate of drug-likeness (QED) is 0.536. The molecule has 2 aromatic carbocycles. The van der Waals surface area contributed by atoms with Crippen LogP contribution < -0.4 is 5.32 Å². The van der Waals surface area contributed by atoms with Crippen molar-refractivity contribution in [2.45, 2.75) is 6.18 Å². The molecule has 4 nitrogen and oxygen atoms in total. The average Bonchev–Trinajstić information content (AvgIpc) is 2.58. The molecule has 27 heavy (non-hydrogen) atoms. The van der Waals surface area contributed by atoms with Crippen LogP contribution in [0.2, 0.25) is 10.0 Å². The number of carbonyl (C=O) groups excluding carboxylic acids is 2. The molecule has 0 aliphatic heterocycles. The zero-order valence-electron chi connectivity index (χ0n) is 13.5. The standard InChI is InChI=1S/C18H12Cl2F3NO3/c19-13-6-4-11(15(20)9-13)5-7-17(26)27-10-16(25)24-14-3-1-2-12(8-14)18(21,22)23/h1-9H,10H2,(H,24,25). The fourth-order valence-corrected chi connectivity index (χ4v) is 2.42. The molecule has 0 spiro atoms. The summed E-state index contributed by atoms with van der Waals surface area (Å²) in [4.78, 5) is 23.3. The summed E-state index contributed by atoms with van der Waals surface area (Å²) < 4.78 is 42.6. The molecule has 142 valence electrons. The van der Waals surface area contributed by atoms with Crippen molar-refractivity contribution in [1.82, 2.24) is 0 Å². The maximum atomic E-state index is 12.6. The Morgan fingerprint density at radius 3 is 2.52 bits per heavy atom. The second kappa shape index (κ2) is 8.92. The number of alkyl halides is 3. The number of carbonyl (C=O) groups is 2. The van der Waals surface area contributed by atoms with Gasteiger partial charge >= 0.3 is 12.1 Å². The van der Waals surface area contributed by atoms with E-state index in [0.717, 1.165) is 24.3 Å². The highest BCUT2D eigenvalue weighted by Crippen LogP contribution is 2.30. The van der Waals surface area contributed by atoms with Crippen LogP contribution in [0, 0.1) is 0 Å². The van der Waals surface area contributed by atoms with Gasteiger partial charge in [0.15, 0.2) is 6.61 Å². The van der Waals surface area contributed by atoms with Gasteiger partial charge in [0.05, 0.1) is 5.56 Å². The van der Waals surface area contributed by atoms with Crippen molar-refractivity contribution >= 4 is 46.8 Å². The van der Waals surface area contributed by atoms with Crippen LogP contribution in [0.5, 0.6) is 0 Å². The van der Waals surface area contributed by atoms with Gasteiger partial charge in [-0.05, 0) is 42.0 Å². The second-order valence-corrected chi connectivity index (χ2v) is 6.08. The summed E-state index contributed by atoms with van der Waals surface area (Å²) in [6, 6.07) is 8.78. The summed E-state index contributed by atoms with van der Waals surface area (Å²) in [5.41, 5.74) is -0.444. The largest absolute Gasteiger partial charge is 0.452 e. The predicted octanol–water partition coefficient (Wildman–Crippen LogP) is 5.21. The van der Waals surface area contributed by atoms with Crippen LogP contribution in [0.25, 0.3) is 6.08 Å². The van der Waals surface area contributed by atoms with Crippen LogP contribution in [0.15, 0.2) is 48.5 Å². The van der Waals surface area contributed by atoms with E-state index in [9.17, 15) is 22.8 Å². The van der Waals surface area contributed by atoms with Crippen molar-refractivity contribution in [2.24, 2.45) is 0 Å². The van der Waals surface area contributed by atoms with E-state index >= 15 is 0 Å². The Morgan fingerprint density at radius 1 is 1.11 bits per heavy atom. The van der Waals surface area contributed by atoms with Gasteiger partial charge < -0.3 is 10.1 Å². The monoisotopic (exact) mass is 417 g/mol. The first-order chi connectivity index (χ1) is 12.6. The molecule has 0 fully saturated rings. The van der Waals surface area contributed by atoms with E-state index in [1.54, 1.807) is 12.1 Å².